The van der Waals surface area contributed by atoms with Crippen molar-refractivity contribution in [1.82, 2.24) is 4.90 Å². The Morgan fingerprint density at radius 1 is 1.47 bits per heavy atom. The largest absolute Gasteiger partial charge is 0.326 e. The van der Waals surface area contributed by atoms with E-state index in [9.17, 15) is 8.42 Å². The zero-order valence-corrected chi connectivity index (χ0v) is 13.7. The Morgan fingerprint density at radius 3 is 2.53 bits per heavy atom. The number of hydrogen-bond acceptors (Lipinski definition) is 5. The highest BCUT2D eigenvalue weighted by Crippen LogP contribution is 2.30. The molecule has 2 unspecified atom stereocenters. The summed E-state index contributed by atoms with van der Waals surface area (Å²) in [5, 5.41) is 2.06. The van der Waals surface area contributed by atoms with E-state index in [-0.39, 0.29) is 17.8 Å². The van der Waals surface area contributed by atoms with Crippen LogP contribution in [-0.4, -0.2) is 45.0 Å². The third kappa shape index (κ3) is 4.87. The van der Waals surface area contributed by atoms with Crippen LogP contribution in [0.3, 0.4) is 0 Å². The first-order valence-corrected chi connectivity index (χ1v) is 9.37. The Balaban J connectivity index is 2.89. The molecule has 6 heteroatoms. The fourth-order valence-electron chi connectivity index (χ4n) is 2.08. The van der Waals surface area contributed by atoms with Gasteiger partial charge >= 0.3 is 0 Å². The quantitative estimate of drug-likeness (QED) is 0.834. The summed E-state index contributed by atoms with van der Waals surface area (Å²) < 4.78 is 22.6. The molecule has 4 nitrogen and oxygen atoms in total. The van der Waals surface area contributed by atoms with E-state index in [4.69, 9.17) is 5.73 Å². The maximum absolute atomic E-state index is 11.3. The van der Waals surface area contributed by atoms with Gasteiger partial charge in [0.2, 0.25) is 0 Å². The average Bonchev–Trinajstić information content (AvgIpc) is 2.72. The first-order valence-electron chi connectivity index (χ1n) is 6.43. The average molecular weight is 304 g/mol. The smallest absolute Gasteiger partial charge is 0.148 e. The Kier molecular flexibility index (Phi) is 5.98. The molecule has 110 valence electrons. The number of rotatable bonds is 7. The van der Waals surface area contributed by atoms with Gasteiger partial charge in [-0.05, 0) is 37.4 Å². The molecule has 0 spiro atoms. The SMILES string of the molecule is CCC(N)C(c1sccc1C)N(C)CCS(C)(=O)=O. The fraction of sp³-hybridized carbons (Fsp3) is 0.692. The molecule has 1 rings (SSSR count). The van der Waals surface area contributed by atoms with Crippen molar-refractivity contribution in [3.8, 4) is 0 Å². The van der Waals surface area contributed by atoms with E-state index in [1.54, 1.807) is 11.3 Å². The number of likely N-dealkylation sites (N-methyl/N-ethyl adjacent to an activating group) is 1. The molecule has 2 atom stereocenters. The molecule has 0 aliphatic heterocycles. The molecular weight excluding hydrogens is 280 g/mol. The predicted octanol–water partition coefficient (Wildman–Crippen LogP) is 1.81. The van der Waals surface area contributed by atoms with Crippen molar-refractivity contribution in [2.75, 3.05) is 25.6 Å². The van der Waals surface area contributed by atoms with Gasteiger partial charge in [0.25, 0.3) is 0 Å². The minimum absolute atomic E-state index is 0.0157. The molecular formula is C13H24N2O2S2. The number of nitrogens with zero attached hydrogens (tertiary/aromatic N) is 1. The monoisotopic (exact) mass is 304 g/mol. The third-order valence-corrected chi connectivity index (χ3v) is 5.35. The van der Waals surface area contributed by atoms with Crippen LogP contribution in [0.1, 0.15) is 29.8 Å². The van der Waals surface area contributed by atoms with Crippen molar-refractivity contribution >= 4 is 21.2 Å². The minimum atomic E-state index is -2.94. The van der Waals surface area contributed by atoms with Crippen molar-refractivity contribution in [3.63, 3.8) is 0 Å². The van der Waals surface area contributed by atoms with E-state index in [1.165, 1.54) is 16.7 Å². The molecule has 1 heterocycles. The topological polar surface area (TPSA) is 63.4 Å². The van der Waals surface area contributed by atoms with Crippen LogP contribution in [0.25, 0.3) is 0 Å². The number of thiophene rings is 1. The molecule has 0 aliphatic carbocycles. The Bertz CT molecular complexity index is 496. The maximum Gasteiger partial charge on any atom is 0.148 e. The standard InChI is InChI=1S/C13H24N2O2S2/c1-5-11(14)12(13-10(2)6-8-18-13)15(3)7-9-19(4,16)17/h6,8,11-12H,5,7,9,14H2,1-4H3. The molecule has 2 N–H and O–H groups in total. The second-order valence-corrected chi connectivity index (χ2v) is 8.30. The van der Waals surface area contributed by atoms with Gasteiger partial charge in [0.1, 0.15) is 9.84 Å². The van der Waals surface area contributed by atoms with E-state index < -0.39 is 9.84 Å². The molecule has 19 heavy (non-hydrogen) atoms. The second-order valence-electron chi connectivity index (χ2n) is 5.10. The van der Waals surface area contributed by atoms with E-state index in [1.807, 2.05) is 7.05 Å². The zero-order valence-electron chi connectivity index (χ0n) is 12.1. The molecule has 0 bridgehead atoms. The van der Waals surface area contributed by atoms with Gasteiger partial charge in [-0.15, -0.1) is 11.3 Å². The van der Waals surface area contributed by atoms with Crippen LogP contribution in [0.5, 0.6) is 0 Å². The van der Waals surface area contributed by atoms with E-state index in [0.717, 1.165) is 6.42 Å². The fourth-order valence-corrected chi connectivity index (χ4v) is 3.87. The van der Waals surface area contributed by atoms with Gasteiger partial charge in [0, 0.05) is 23.7 Å². The number of hydrogen-bond donors (Lipinski definition) is 1. The highest BCUT2D eigenvalue weighted by atomic mass is 32.2. The summed E-state index contributed by atoms with van der Waals surface area (Å²) in [7, 11) is -0.994. The second kappa shape index (κ2) is 6.83. The van der Waals surface area contributed by atoms with Crippen LogP contribution in [0.2, 0.25) is 0 Å². The van der Waals surface area contributed by atoms with E-state index >= 15 is 0 Å². The van der Waals surface area contributed by atoms with Gasteiger partial charge < -0.3 is 5.73 Å². The lowest BCUT2D eigenvalue weighted by Crippen LogP contribution is -2.40. The Morgan fingerprint density at radius 2 is 2.11 bits per heavy atom. The molecule has 0 amide bonds. The van der Waals surface area contributed by atoms with Gasteiger partial charge in [-0.2, -0.15) is 0 Å². The normalized spacial score (nSPS) is 15.7. The summed E-state index contributed by atoms with van der Waals surface area (Å²) in [6.45, 7) is 4.64. The summed E-state index contributed by atoms with van der Waals surface area (Å²) in [6, 6.07) is 2.19. The first-order chi connectivity index (χ1) is 8.76. The van der Waals surface area contributed by atoms with E-state index in [0.29, 0.717) is 6.54 Å². The summed E-state index contributed by atoms with van der Waals surface area (Å²) in [4.78, 5) is 3.30. The van der Waals surface area contributed by atoms with Gasteiger partial charge in [-0.25, -0.2) is 8.42 Å². The van der Waals surface area contributed by atoms with Gasteiger partial charge in [-0.3, -0.25) is 4.90 Å². The molecule has 0 aromatic carbocycles. The molecule has 0 radical (unpaired) electrons. The molecule has 0 saturated heterocycles. The third-order valence-electron chi connectivity index (χ3n) is 3.34. The van der Waals surface area contributed by atoms with Crippen molar-refractivity contribution in [2.24, 2.45) is 5.73 Å². The Hall–Kier alpha value is -0.430. The van der Waals surface area contributed by atoms with Crippen molar-refractivity contribution in [1.29, 1.82) is 0 Å². The maximum atomic E-state index is 11.3. The van der Waals surface area contributed by atoms with Crippen LogP contribution in [-0.2, 0) is 9.84 Å². The summed E-state index contributed by atoms with van der Waals surface area (Å²) in [5.74, 6) is 0.168. The lowest BCUT2D eigenvalue weighted by Gasteiger charge is -2.32. The lowest BCUT2D eigenvalue weighted by molar-refractivity contribution is 0.223. The van der Waals surface area contributed by atoms with Crippen LogP contribution in [0, 0.1) is 6.92 Å². The molecule has 1 aromatic heterocycles. The number of nitrogens with two attached hydrogens (primary N) is 1. The first kappa shape index (κ1) is 16.6. The molecule has 1 aromatic rings. The number of aryl methyl sites for hydroxylation is 1. The molecule has 0 aliphatic rings. The van der Waals surface area contributed by atoms with Gasteiger partial charge in [0.15, 0.2) is 0 Å². The van der Waals surface area contributed by atoms with Crippen molar-refractivity contribution in [2.45, 2.75) is 32.4 Å². The van der Waals surface area contributed by atoms with Crippen molar-refractivity contribution < 1.29 is 8.42 Å². The molecule has 0 saturated carbocycles. The van der Waals surface area contributed by atoms with E-state index in [2.05, 4.69) is 30.2 Å². The highest BCUT2D eigenvalue weighted by Gasteiger charge is 2.26. The summed E-state index contributed by atoms with van der Waals surface area (Å²) in [5.41, 5.74) is 7.46. The lowest BCUT2D eigenvalue weighted by atomic mass is 10.0. The van der Waals surface area contributed by atoms with Gasteiger partial charge in [0.05, 0.1) is 11.8 Å². The minimum Gasteiger partial charge on any atom is -0.326 e. The molecule has 0 fully saturated rings. The number of sulfone groups is 1. The van der Waals surface area contributed by atoms with Crippen LogP contribution < -0.4 is 5.73 Å². The van der Waals surface area contributed by atoms with Gasteiger partial charge in [-0.1, -0.05) is 6.92 Å². The van der Waals surface area contributed by atoms with Crippen LogP contribution >= 0.6 is 11.3 Å². The van der Waals surface area contributed by atoms with Crippen LogP contribution in [0.15, 0.2) is 11.4 Å². The van der Waals surface area contributed by atoms with Crippen molar-refractivity contribution in [3.05, 3.63) is 21.9 Å². The summed E-state index contributed by atoms with van der Waals surface area (Å²) in [6.07, 6.45) is 2.14. The van der Waals surface area contributed by atoms with Crippen LogP contribution in [0.4, 0.5) is 0 Å². The predicted molar refractivity (Wildman–Crippen MR) is 82.4 cm³/mol. The highest BCUT2D eigenvalue weighted by molar-refractivity contribution is 7.90. The summed E-state index contributed by atoms with van der Waals surface area (Å²) >= 11 is 1.69. The Labute approximate surface area is 120 Å². The zero-order chi connectivity index (χ0) is 14.6.